The highest BCUT2D eigenvalue weighted by Crippen LogP contribution is 2.32. The highest BCUT2D eigenvalue weighted by Gasteiger charge is 2.32. The minimum atomic E-state index is 0.502. The van der Waals surface area contributed by atoms with Crippen LogP contribution in [0.3, 0.4) is 0 Å². The fourth-order valence-electron chi connectivity index (χ4n) is 3.25. The Bertz CT molecular complexity index is 252. The van der Waals surface area contributed by atoms with Crippen LogP contribution in [0.2, 0.25) is 0 Å². The van der Waals surface area contributed by atoms with Gasteiger partial charge in [0.15, 0.2) is 0 Å². The molecule has 2 aliphatic rings. The normalized spacial score (nSPS) is 20.8. The molecule has 19 heavy (non-hydrogen) atoms. The zero-order valence-electron chi connectivity index (χ0n) is 13.4. The topological polar surface area (TPSA) is 15.3 Å². The van der Waals surface area contributed by atoms with Gasteiger partial charge in [-0.05, 0) is 56.4 Å². The molecule has 0 radical (unpaired) electrons. The van der Waals surface area contributed by atoms with Crippen molar-refractivity contribution in [2.75, 3.05) is 26.2 Å². The van der Waals surface area contributed by atoms with E-state index in [0.29, 0.717) is 5.41 Å². The van der Waals surface area contributed by atoms with Gasteiger partial charge in [-0.1, -0.05) is 27.2 Å². The minimum Gasteiger partial charge on any atom is -0.313 e. The van der Waals surface area contributed by atoms with Crippen molar-refractivity contribution in [2.45, 2.75) is 71.8 Å². The molecule has 0 aromatic rings. The zero-order chi connectivity index (χ0) is 13.7. The van der Waals surface area contributed by atoms with Crippen LogP contribution in [0.5, 0.6) is 0 Å². The Labute approximate surface area is 120 Å². The van der Waals surface area contributed by atoms with Crippen LogP contribution in [0, 0.1) is 11.3 Å². The standard InChI is InChI=1S/C17H34N2/c1-4-17(5-2,13-18-16-10-11-16)14-19(6-3)12-15-8-7-9-15/h15-16,18H,4-14H2,1-3H3. The third-order valence-electron chi connectivity index (χ3n) is 5.59. The molecule has 0 heterocycles. The van der Waals surface area contributed by atoms with Gasteiger partial charge in [-0.25, -0.2) is 0 Å². The highest BCUT2D eigenvalue weighted by atomic mass is 15.1. The van der Waals surface area contributed by atoms with Crippen LogP contribution in [-0.2, 0) is 0 Å². The molecule has 2 aliphatic carbocycles. The molecule has 2 fully saturated rings. The first kappa shape index (κ1) is 15.3. The first-order valence-corrected chi connectivity index (χ1v) is 8.67. The van der Waals surface area contributed by atoms with E-state index in [2.05, 4.69) is 31.0 Å². The van der Waals surface area contributed by atoms with E-state index in [1.165, 1.54) is 71.1 Å². The van der Waals surface area contributed by atoms with Gasteiger partial charge in [0.25, 0.3) is 0 Å². The highest BCUT2D eigenvalue weighted by molar-refractivity contribution is 4.89. The number of hydrogen-bond acceptors (Lipinski definition) is 2. The van der Waals surface area contributed by atoms with E-state index in [1.807, 2.05) is 0 Å². The molecule has 0 aliphatic heterocycles. The molecule has 0 saturated heterocycles. The Balaban J connectivity index is 1.83. The van der Waals surface area contributed by atoms with Gasteiger partial charge in [-0.2, -0.15) is 0 Å². The quantitative estimate of drug-likeness (QED) is 0.649. The van der Waals surface area contributed by atoms with E-state index in [-0.39, 0.29) is 0 Å². The van der Waals surface area contributed by atoms with Crippen molar-refractivity contribution >= 4 is 0 Å². The predicted molar refractivity (Wildman–Crippen MR) is 83.5 cm³/mol. The van der Waals surface area contributed by atoms with Gasteiger partial charge in [0.1, 0.15) is 0 Å². The van der Waals surface area contributed by atoms with Crippen molar-refractivity contribution in [3.8, 4) is 0 Å². The number of hydrogen-bond donors (Lipinski definition) is 1. The van der Waals surface area contributed by atoms with Gasteiger partial charge in [0.05, 0.1) is 0 Å². The van der Waals surface area contributed by atoms with Crippen LogP contribution in [0.25, 0.3) is 0 Å². The molecular formula is C17H34N2. The molecule has 0 bridgehead atoms. The summed E-state index contributed by atoms with van der Waals surface area (Å²) in [4.78, 5) is 2.73. The largest absolute Gasteiger partial charge is 0.313 e. The fourth-order valence-corrected chi connectivity index (χ4v) is 3.25. The summed E-state index contributed by atoms with van der Waals surface area (Å²) in [5, 5.41) is 3.78. The second-order valence-electron chi connectivity index (χ2n) is 6.99. The average molecular weight is 266 g/mol. The average Bonchev–Trinajstić information content (AvgIpc) is 3.21. The molecule has 0 atom stereocenters. The summed E-state index contributed by atoms with van der Waals surface area (Å²) in [6, 6.07) is 0.846. The van der Waals surface area contributed by atoms with E-state index < -0.39 is 0 Å². The lowest BCUT2D eigenvalue weighted by molar-refractivity contribution is 0.106. The Morgan fingerprint density at radius 3 is 2.16 bits per heavy atom. The lowest BCUT2D eigenvalue weighted by atomic mass is 9.80. The molecule has 112 valence electrons. The van der Waals surface area contributed by atoms with Crippen molar-refractivity contribution < 1.29 is 0 Å². The van der Waals surface area contributed by atoms with Crippen LogP contribution >= 0.6 is 0 Å². The molecule has 2 saturated carbocycles. The van der Waals surface area contributed by atoms with Crippen molar-refractivity contribution in [1.82, 2.24) is 10.2 Å². The molecule has 0 amide bonds. The number of nitrogens with zero attached hydrogens (tertiary/aromatic N) is 1. The summed E-state index contributed by atoms with van der Waals surface area (Å²) in [5.41, 5.74) is 0.502. The van der Waals surface area contributed by atoms with E-state index in [4.69, 9.17) is 0 Å². The van der Waals surface area contributed by atoms with Crippen molar-refractivity contribution in [1.29, 1.82) is 0 Å². The first-order valence-electron chi connectivity index (χ1n) is 8.67. The minimum absolute atomic E-state index is 0.502. The zero-order valence-corrected chi connectivity index (χ0v) is 13.4. The van der Waals surface area contributed by atoms with Crippen molar-refractivity contribution in [3.63, 3.8) is 0 Å². The Morgan fingerprint density at radius 2 is 1.74 bits per heavy atom. The van der Waals surface area contributed by atoms with Crippen LogP contribution in [0.4, 0.5) is 0 Å². The molecule has 2 nitrogen and oxygen atoms in total. The third kappa shape index (κ3) is 4.46. The fraction of sp³-hybridized carbons (Fsp3) is 1.00. The monoisotopic (exact) mass is 266 g/mol. The van der Waals surface area contributed by atoms with Crippen LogP contribution in [0.15, 0.2) is 0 Å². The first-order chi connectivity index (χ1) is 9.21. The van der Waals surface area contributed by atoms with Gasteiger partial charge in [-0.3, -0.25) is 0 Å². The summed E-state index contributed by atoms with van der Waals surface area (Å²) in [5.74, 6) is 1.00. The summed E-state index contributed by atoms with van der Waals surface area (Å²) in [6.45, 7) is 12.2. The maximum Gasteiger partial charge on any atom is 0.00684 e. The summed E-state index contributed by atoms with van der Waals surface area (Å²) < 4.78 is 0. The van der Waals surface area contributed by atoms with E-state index in [9.17, 15) is 0 Å². The molecule has 0 aromatic carbocycles. The van der Waals surface area contributed by atoms with Gasteiger partial charge < -0.3 is 10.2 Å². The predicted octanol–water partition coefficient (Wildman–Crippen LogP) is 3.67. The molecule has 2 rings (SSSR count). The Kier molecular flexibility index (Phi) is 5.70. The molecule has 0 aromatic heterocycles. The smallest absolute Gasteiger partial charge is 0.00684 e. The maximum atomic E-state index is 3.78. The van der Waals surface area contributed by atoms with Gasteiger partial charge >= 0.3 is 0 Å². The second-order valence-corrected chi connectivity index (χ2v) is 6.99. The molecular weight excluding hydrogens is 232 g/mol. The van der Waals surface area contributed by atoms with E-state index in [0.717, 1.165) is 12.0 Å². The summed E-state index contributed by atoms with van der Waals surface area (Å²) in [7, 11) is 0. The Morgan fingerprint density at radius 1 is 1.05 bits per heavy atom. The second kappa shape index (κ2) is 7.08. The summed E-state index contributed by atoms with van der Waals surface area (Å²) >= 11 is 0. The van der Waals surface area contributed by atoms with Gasteiger partial charge in [-0.15, -0.1) is 0 Å². The Hall–Kier alpha value is -0.0800. The SMILES string of the molecule is CCN(CC1CCC1)CC(CC)(CC)CNC1CC1. The van der Waals surface area contributed by atoms with Crippen LogP contribution < -0.4 is 5.32 Å². The maximum absolute atomic E-state index is 3.78. The van der Waals surface area contributed by atoms with Crippen LogP contribution in [0.1, 0.15) is 65.7 Å². The third-order valence-corrected chi connectivity index (χ3v) is 5.59. The number of nitrogens with one attached hydrogen (secondary N) is 1. The van der Waals surface area contributed by atoms with Crippen LogP contribution in [-0.4, -0.2) is 37.1 Å². The van der Waals surface area contributed by atoms with E-state index >= 15 is 0 Å². The van der Waals surface area contributed by atoms with Crippen molar-refractivity contribution in [3.05, 3.63) is 0 Å². The molecule has 2 heteroatoms. The lowest BCUT2D eigenvalue weighted by Gasteiger charge is -2.40. The molecule has 0 spiro atoms. The van der Waals surface area contributed by atoms with Gasteiger partial charge in [0.2, 0.25) is 0 Å². The number of rotatable bonds is 10. The molecule has 0 unspecified atom stereocenters. The lowest BCUT2D eigenvalue weighted by Crippen LogP contribution is -2.46. The van der Waals surface area contributed by atoms with Crippen molar-refractivity contribution in [2.24, 2.45) is 11.3 Å². The summed E-state index contributed by atoms with van der Waals surface area (Å²) in [6.07, 6.45) is 9.85. The van der Waals surface area contributed by atoms with E-state index in [1.54, 1.807) is 0 Å². The molecule has 1 N–H and O–H groups in total. The van der Waals surface area contributed by atoms with Gasteiger partial charge in [0, 0.05) is 25.7 Å².